The smallest absolute Gasteiger partial charge is 0.319 e. The Labute approximate surface area is 141 Å². The molecule has 23 heavy (non-hydrogen) atoms. The minimum Gasteiger partial charge on any atom is -0.338 e. The summed E-state index contributed by atoms with van der Waals surface area (Å²) in [5.74, 6) is -0.0744. The van der Waals surface area contributed by atoms with Gasteiger partial charge in [0.25, 0.3) is 0 Å². The monoisotopic (exact) mass is 342 g/mol. The molecule has 1 aliphatic rings. The number of rotatable bonds is 5. The van der Waals surface area contributed by atoms with E-state index in [0.717, 1.165) is 32.7 Å². The van der Waals surface area contributed by atoms with Crippen molar-refractivity contribution in [3.05, 3.63) is 29.0 Å². The van der Waals surface area contributed by atoms with Crippen molar-refractivity contribution >= 4 is 23.3 Å². The molecular formula is C16H24ClFN4O. The molecule has 1 aromatic rings. The maximum atomic E-state index is 13.0. The first-order valence-corrected chi connectivity index (χ1v) is 8.22. The molecule has 1 fully saturated rings. The van der Waals surface area contributed by atoms with Crippen LogP contribution < -0.4 is 10.6 Å². The second-order valence-electron chi connectivity index (χ2n) is 6.17. The first-order chi connectivity index (χ1) is 10.9. The van der Waals surface area contributed by atoms with Gasteiger partial charge in [-0.2, -0.15) is 0 Å². The Bertz CT molecular complexity index is 535. The molecule has 0 aromatic heterocycles. The summed E-state index contributed by atoms with van der Waals surface area (Å²) in [5, 5.41) is 5.65. The Morgan fingerprint density at radius 2 is 2.04 bits per heavy atom. The van der Waals surface area contributed by atoms with Crippen LogP contribution in [0, 0.1) is 11.7 Å². The Hall–Kier alpha value is -1.37. The van der Waals surface area contributed by atoms with Crippen molar-refractivity contribution < 1.29 is 9.18 Å². The van der Waals surface area contributed by atoms with Gasteiger partial charge >= 0.3 is 6.03 Å². The zero-order chi connectivity index (χ0) is 16.8. The molecular weight excluding hydrogens is 319 g/mol. The predicted octanol–water partition coefficient (Wildman–Crippen LogP) is 2.48. The maximum absolute atomic E-state index is 13.0. The van der Waals surface area contributed by atoms with Crippen molar-refractivity contribution in [3.8, 4) is 0 Å². The molecule has 0 aliphatic carbocycles. The van der Waals surface area contributed by atoms with Crippen molar-refractivity contribution in [1.29, 1.82) is 0 Å². The number of likely N-dealkylation sites (N-methyl/N-ethyl adjacent to an activating group) is 1. The molecule has 1 aromatic carbocycles. The SMILES string of the molecule is C[C@@H](CNC(=O)Nc1ccc(F)cc1Cl)CN1CCN(C)CC1. The van der Waals surface area contributed by atoms with Gasteiger partial charge in [0, 0.05) is 39.3 Å². The second kappa shape index (κ2) is 8.47. The van der Waals surface area contributed by atoms with Crippen molar-refractivity contribution in [1.82, 2.24) is 15.1 Å². The molecule has 0 spiro atoms. The van der Waals surface area contributed by atoms with E-state index in [9.17, 15) is 9.18 Å². The quantitative estimate of drug-likeness (QED) is 0.864. The summed E-state index contributed by atoms with van der Waals surface area (Å²) in [5.41, 5.74) is 0.400. The molecule has 1 atom stereocenters. The van der Waals surface area contributed by atoms with Gasteiger partial charge < -0.3 is 20.4 Å². The molecule has 2 rings (SSSR count). The molecule has 1 heterocycles. The summed E-state index contributed by atoms with van der Waals surface area (Å²) in [7, 11) is 2.13. The van der Waals surface area contributed by atoms with E-state index in [0.29, 0.717) is 18.2 Å². The van der Waals surface area contributed by atoms with Crippen LogP contribution in [-0.2, 0) is 0 Å². The fraction of sp³-hybridized carbons (Fsp3) is 0.562. The minimum absolute atomic E-state index is 0.186. The first kappa shape index (κ1) is 18.0. The van der Waals surface area contributed by atoms with Crippen molar-refractivity contribution in [3.63, 3.8) is 0 Å². The van der Waals surface area contributed by atoms with E-state index in [2.05, 4.69) is 34.4 Å². The van der Waals surface area contributed by atoms with Gasteiger partial charge in [-0.05, 0) is 31.2 Å². The summed E-state index contributed by atoms with van der Waals surface area (Å²) < 4.78 is 13.0. The van der Waals surface area contributed by atoms with Crippen LogP contribution in [0.1, 0.15) is 6.92 Å². The maximum Gasteiger partial charge on any atom is 0.319 e. The molecule has 0 bridgehead atoms. The summed E-state index contributed by atoms with van der Waals surface area (Å²) in [4.78, 5) is 16.6. The van der Waals surface area contributed by atoms with Crippen LogP contribution in [-0.4, -0.2) is 62.1 Å². The van der Waals surface area contributed by atoms with Gasteiger partial charge in [-0.25, -0.2) is 9.18 Å². The minimum atomic E-state index is -0.429. The zero-order valence-electron chi connectivity index (χ0n) is 13.6. The standard InChI is InChI=1S/C16H24ClFN4O/c1-12(11-22-7-5-21(2)6-8-22)10-19-16(23)20-15-4-3-13(18)9-14(15)17/h3-4,9,12H,5-8,10-11H2,1-2H3,(H2,19,20,23)/t12-/m0/s1. The lowest BCUT2D eigenvalue weighted by molar-refractivity contribution is 0.138. The summed E-state index contributed by atoms with van der Waals surface area (Å²) in [6.45, 7) is 7.97. The van der Waals surface area contributed by atoms with Crippen LogP contribution in [0.15, 0.2) is 18.2 Å². The Morgan fingerprint density at radius 1 is 1.35 bits per heavy atom. The Balaban J connectivity index is 1.71. The second-order valence-corrected chi connectivity index (χ2v) is 6.58. The van der Waals surface area contributed by atoms with Gasteiger partial charge in [-0.1, -0.05) is 18.5 Å². The normalized spacial score (nSPS) is 17.7. The molecule has 5 nitrogen and oxygen atoms in total. The number of urea groups is 1. The Morgan fingerprint density at radius 3 is 2.70 bits per heavy atom. The van der Waals surface area contributed by atoms with Crippen LogP contribution in [0.4, 0.5) is 14.9 Å². The van der Waals surface area contributed by atoms with Crippen LogP contribution in [0.5, 0.6) is 0 Å². The number of benzene rings is 1. The van der Waals surface area contributed by atoms with Gasteiger partial charge in [-0.15, -0.1) is 0 Å². The average Bonchev–Trinajstić information content (AvgIpc) is 2.50. The van der Waals surface area contributed by atoms with E-state index in [-0.39, 0.29) is 11.1 Å². The number of piperazine rings is 1. The number of hydrogen-bond donors (Lipinski definition) is 2. The summed E-state index contributed by atoms with van der Waals surface area (Å²) in [6, 6.07) is 3.55. The largest absolute Gasteiger partial charge is 0.338 e. The van der Waals surface area contributed by atoms with Crippen LogP contribution in [0.25, 0.3) is 0 Å². The highest BCUT2D eigenvalue weighted by atomic mass is 35.5. The third-order valence-electron chi connectivity index (χ3n) is 3.96. The number of anilines is 1. The third kappa shape index (κ3) is 5.97. The number of nitrogens with one attached hydrogen (secondary N) is 2. The highest BCUT2D eigenvalue weighted by Gasteiger charge is 2.16. The van der Waals surface area contributed by atoms with Crippen LogP contribution in [0.3, 0.4) is 0 Å². The topological polar surface area (TPSA) is 47.6 Å². The van der Waals surface area contributed by atoms with Gasteiger partial charge in [0.2, 0.25) is 0 Å². The molecule has 1 aliphatic heterocycles. The molecule has 128 valence electrons. The number of carbonyl (C=O) groups excluding carboxylic acids is 1. The predicted molar refractivity (Wildman–Crippen MR) is 91.5 cm³/mol. The molecule has 7 heteroatoms. The van der Waals surface area contributed by atoms with E-state index < -0.39 is 5.82 Å². The highest BCUT2D eigenvalue weighted by Crippen LogP contribution is 2.22. The molecule has 2 amide bonds. The van der Waals surface area contributed by atoms with Crippen molar-refractivity contribution in [2.75, 3.05) is 51.6 Å². The number of hydrogen-bond acceptors (Lipinski definition) is 3. The van der Waals surface area contributed by atoms with E-state index >= 15 is 0 Å². The van der Waals surface area contributed by atoms with Crippen LogP contribution in [0.2, 0.25) is 5.02 Å². The van der Waals surface area contributed by atoms with E-state index in [1.165, 1.54) is 18.2 Å². The van der Waals surface area contributed by atoms with Crippen molar-refractivity contribution in [2.45, 2.75) is 6.92 Å². The highest BCUT2D eigenvalue weighted by molar-refractivity contribution is 6.33. The van der Waals surface area contributed by atoms with Crippen molar-refractivity contribution in [2.24, 2.45) is 5.92 Å². The first-order valence-electron chi connectivity index (χ1n) is 7.85. The molecule has 0 radical (unpaired) electrons. The number of carbonyl (C=O) groups is 1. The zero-order valence-corrected chi connectivity index (χ0v) is 14.4. The molecule has 0 saturated carbocycles. The lowest BCUT2D eigenvalue weighted by Gasteiger charge is -2.33. The van der Waals surface area contributed by atoms with Gasteiger partial charge in [0.1, 0.15) is 5.82 Å². The number of nitrogens with zero attached hydrogens (tertiary/aromatic N) is 2. The Kier molecular flexibility index (Phi) is 6.62. The van der Waals surface area contributed by atoms with Gasteiger partial charge in [-0.3, -0.25) is 0 Å². The lowest BCUT2D eigenvalue weighted by atomic mass is 10.1. The molecule has 1 saturated heterocycles. The van der Waals surface area contributed by atoms with Crippen LogP contribution >= 0.6 is 11.6 Å². The molecule has 2 N–H and O–H groups in total. The number of amides is 2. The third-order valence-corrected chi connectivity index (χ3v) is 4.27. The fourth-order valence-corrected chi connectivity index (χ4v) is 2.77. The summed E-state index contributed by atoms with van der Waals surface area (Å²) in [6.07, 6.45) is 0. The van der Waals surface area contributed by atoms with E-state index in [1.54, 1.807) is 0 Å². The fourth-order valence-electron chi connectivity index (χ4n) is 2.56. The molecule has 0 unspecified atom stereocenters. The number of halogens is 2. The summed E-state index contributed by atoms with van der Waals surface area (Å²) >= 11 is 5.88. The van der Waals surface area contributed by atoms with E-state index in [1.807, 2.05) is 0 Å². The average molecular weight is 343 g/mol. The lowest BCUT2D eigenvalue weighted by Crippen LogP contribution is -2.47. The van der Waals surface area contributed by atoms with E-state index in [4.69, 9.17) is 11.6 Å². The van der Waals surface area contributed by atoms with Gasteiger partial charge in [0.15, 0.2) is 0 Å². The van der Waals surface area contributed by atoms with Gasteiger partial charge in [0.05, 0.1) is 10.7 Å².